The molecular formula is C9H17BO5. The van der Waals surface area contributed by atoms with Crippen LogP contribution in [-0.2, 0) is 9.47 Å². The van der Waals surface area contributed by atoms with Gasteiger partial charge in [0.1, 0.15) is 12.2 Å². The summed E-state index contributed by atoms with van der Waals surface area (Å²) in [4.78, 5) is 0. The van der Waals surface area contributed by atoms with Crippen LogP contribution in [0.4, 0.5) is 0 Å². The molecular weight excluding hydrogens is 199 g/mol. The summed E-state index contributed by atoms with van der Waals surface area (Å²) in [6, 6.07) is 0. The van der Waals surface area contributed by atoms with Gasteiger partial charge in [0.05, 0.1) is 20.6 Å². The average Bonchev–Trinajstić information content (AvgIpc) is 2.23. The third kappa shape index (κ3) is 3.43. The van der Waals surface area contributed by atoms with Crippen LogP contribution in [0.2, 0.25) is 5.82 Å². The molecule has 1 saturated heterocycles. The molecule has 0 amide bonds. The Morgan fingerprint density at radius 1 is 1.40 bits per heavy atom. The summed E-state index contributed by atoms with van der Waals surface area (Å²) in [6.07, 6.45) is -1.59. The number of ether oxygens (including phenoxy) is 2. The van der Waals surface area contributed by atoms with Crippen molar-refractivity contribution >= 4 is 7.85 Å². The second-order valence-electron chi connectivity index (χ2n) is 3.62. The summed E-state index contributed by atoms with van der Waals surface area (Å²) in [5.74, 6) is -0.401. The van der Waals surface area contributed by atoms with Crippen LogP contribution in [0.15, 0.2) is 0 Å². The first-order chi connectivity index (χ1) is 7.20. The maximum absolute atomic E-state index is 9.75. The van der Waals surface area contributed by atoms with Crippen molar-refractivity contribution < 1.29 is 24.8 Å². The molecule has 1 aliphatic rings. The molecule has 4 atom stereocenters. The fraction of sp³-hybridized carbons (Fsp3) is 1.00. The van der Waals surface area contributed by atoms with E-state index in [1.807, 2.05) is 0 Å². The van der Waals surface area contributed by atoms with Gasteiger partial charge in [-0.25, -0.2) is 0 Å². The second-order valence-corrected chi connectivity index (χ2v) is 3.62. The van der Waals surface area contributed by atoms with Crippen LogP contribution in [0, 0.1) is 0 Å². The summed E-state index contributed by atoms with van der Waals surface area (Å²) in [5.41, 5.74) is 0. The summed E-state index contributed by atoms with van der Waals surface area (Å²) in [5, 5.41) is 27.2. The lowest BCUT2D eigenvalue weighted by Crippen LogP contribution is -2.50. The highest BCUT2D eigenvalue weighted by atomic mass is 16.5. The van der Waals surface area contributed by atoms with Crippen molar-refractivity contribution in [1.82, 2.24) is 0 Å². The SMILES string of the molecule is [B][C@@H]1CO[C@H](CO)[C@@H](O)[C@H]1OCCCO. The zero-order valence-corrected chi connectivity index (χ0v) is 8.58. The van der Waals surface area contributed by atoms with Gasteiger partial charge in [-0.2, -0.15) is 0 Å². The predicted octanol–water partition coefficient (Wildman–Crippen LogP) is -1.54. The van der Waals surface area contributed by atoms with E-state index < -0.39 is 24.1 Å². The Balaban J connectivity index is 2.42. The van der Waals surface area contributed by atoms with E-state index in [1.165, 1.54) is 0 Å². The molecule has 3 N–H and O–H groups in total. The summed E-state index contributed by atoms with van der Waals surface area (Å²) < 4.78 is 10.5. The van der Waals surface area contributed by atoms with E-state index >= 15 is 0 Å². The van der Waals surface area contributed by atoms with Crippen molar-refractivity contribution in [2.24, 2.45) is 0 Å². The van der Waals surface area contributed by atoms with E-state index in [2.05, 4.69) is 0 Å². The van der Waals surface area contributed by atoms with Gasteiger partial charge in [0.25, 0.3) is 0 Å². The molecule has 1 rings (SSSR count). The Hall–Kier alpha value is -0.135. The van der Waals surface area contributed by atoms with Gasteiger partial charge in [-0.3, -0.25) is 0 Å². The van der Waals surface area contributed by atoms with Crippen LogP contribution in [0.25, 0.3) is 0 Å². The van der Waals surface area contributed by atoms with Crippen LogP contribution in [0.1, 0.15) is 6.42 Å². The first-order valence-electron chi connectivity index (χ1n) is 5.09. The number of hydrogen-bond acceptors (Lipinski definition) is 5. The molecule has 0 aromatic rings. The maximum Gasteiger partial charge on any atom is 0.109 e. The lowest BCUT2D eigenvalue weighted by atomic mass is 9.78. The monoisotopic (exact) mass is 216 g/mol. The highest BCUT2D eigenvalue weighted by Crippen LogP contribution is 2.25. The predicted molar refractivity (Wildman–Crippen MR) is 53.8 cm³/mol. The first kappa shape index (κ1) is 12.9. The molecule has 1 aliphatic heterocycles. The standard InChI is InChI=1S/C9H17BO5/c10-6-5-15-7(4-12)8(13)9(6)14-3-1-2-11/h6-9,11-13H,1-5H2/t6-,7-,8-,9+/m1/s1. The molecule has 15 heavy (non-hydrogen) atoms. The van der Waals surface area contributed by atoms with Crippen LogP contribution in [0.5, 0.6) is 0 Å². The van der Waals surface area contributed by atoms with Crippen molar-refractivity contribution in [2.75, 3.05) is 26.4 Å². The van der Waals surface area contributed by atoms with Crippen molar-refractivity contribution in [2.45, 2.75) is 30.5 Å². The van der Waals surface area contributed by atoms with Crippen molar-refractivity contribution in [3.05, 3.63) is 0 Å². The van der Waals surface area contributed by atoms with Gasteiger partial charge in [-0.1, -0.05) is 0 Å². The van der Waals surface area contributed by atoms with Crippen LogP contribution < -0.4 is 0 Å². The Morgan fingerprint density at radius 2 is 2.13 bits per heavy atom. The third-order valence-electron chi connectivity index (χ3n) is 2.43. The third-order valence-corrected chi connectivity index (χ3v) is 2.43. The molecule has 0 spiro atoms. The maximum atomic E-state index is 9.75. The molecule has 6 heteroatoms. The lowest BCUT2D eigenvalue weighted by Gasteiger charge is -2.38. The molecule has 0 bridgehead atoms. The molecule has 0 aromatic heterocycles. The molecule has 0 aliphatic carbocycles. The largest absolute Gasteiger partial charge is 0.396 e. The van der Waals surface area contributed by atoms with Gasteiger partial charge in [0.15, 0.2) is 0 Å². The van der Waals surface area contributed by atoms with Crippen LogP contribution in [-0.4, -0.2) is 67.9 Å². The minimum absolute atomic E-state index is 0.0397. The fourth-order valence-corrected chi connectivity index (χ4v) is 1.56. The van der Waals surface area contributed by atoms with Crippen molar-refractivity contribution in [3.63, 3.8) is 0 Å². The minimum Gasteiger partial charge on any atom is -0.396 e. The highest BCUT2D eigenvalue weighted by Gasteiger charge is 2.37. The second kappa shape index (κ2) is 6.45. The minimum atomic E-state index is -0.919. The Labute approximate surface area is 90.4 Å². The van der Waals surface area contributed by atoms with Crippen LogP contribution >= 0.6 is 0 Å². The van der Waals surface area contributed by atoms with E-state index in [0.29, 0.717) is 13.0 Å². The van der Waals surface area contributed by atoms with Gasteiger partial charge in [-0.15, -0.1) is 0 Å². The van der Waals surface area contributed by atoms with Crippen LogP contribution in [0.3, 0.4) is 0 Å². The normalized spacial score (nSPS) is 36.7. The Morgan fingerprint density at radius 3 is 2.73 bits per heavy atom. The summed E-state index contributed by atoms with van der Waals surface area (Å²) in [7, 11) is 5.71. The zero-order chi connectivity index (χ0) is 11.3. The topological polar surface area (TPSA) is 79.2 Å². The van der Waals surface area contributed by atoms with Gasteiger partial charge in [0, 0.05) is 19.8 Å². The Bertz CT molecular complexity index is 180. The number of rotatable bonds is 5. The van der Waals surface area contributed by atoms with Gasteiger partial charge >= 0.3 is 0 Å². The molecule has 5 nitrogen and oxygen atoms in total. The Kier molecular flexibility index (Phi) is 5.56. The molecule has 0 saturated carbocycles. The van der Waals surface area contributed by atoms with E-state index in [9.17, 15) is 5.11 Å². The summed E-state index contributed by atoms with van der Waals surface area (Å²) >= 11 is 0. The lowest BCUT2D eigenvalue weighted by molar-refractivity contribution is -0.164. The number of aliphatic hydroxyl groups is 3. The van der Waals surface area contributed by atoms with Gasteiger partial charge < -0.3 is 24.8 Å². The smallest absolute Gasteiger partial charge is 0.109 e. The van der Waals surface area contributed by atoms with Crippen molar-refractivity contribution in [1.29, 1.82) is 0 Å². The number of aliphatic hydroxyl groups excluding tert-OH is 3. The highest BCUT2D eigenvalue weighted by molar-refractivity contribution is 6.12. The molecule has 1 fully saturated rings. The molecule has 1 heterocycles. The zero-order valence-electron chi connectivity index (χ0n) is 8.58. The fourth-order valence-electron chi connectivity index (χ4n) is 1.56. The van der Waals surface area contributed by atoms with E-state index in [0.717, 1.165) is 0 Å². The van der Waals surface area contributed by atoms with Gasteiger partial charge in [0.2, 0.25) is 0 Å². The average molecular weight is 216 g/mol. The van der Waals surface area contributed by atoms with Crippen molar-refractivity contribution in [3.8, 4) is 0 Å². The van der Waals surface area contributed by atoms with E-state index in [1.54, 1.807) is 0 Å². The first-order valence-corrected chi connectivity index (χ1v) is 5.09. The quantitative estimate of drug-likeness (QED) is 0.383. The molecule has 2 radical (unpaired) electrons. The molecule has 0 unspecified atom stereocenters. The molecule has 0 aromatic carbocycles. The number of hydrogen-bond donors (Lipinski definition) is 3. The van der Waals surface area contributed by atoms with E-state index in [-0.39, 0.29) is 19.8 Å². The summed E-state index contributed by atoms with van der Waals surface area (Å²) in [6.45, 7) is 0.377. The van der Waals surface area contributed by atoms with Gasteiger partial charge in [-0.05, 0) is 12.2 Å². The van der Waals surface area contributed by atoms with E-state index in [4.69, 9.17) is 27.5 Å². The molecule has 86 valence electrons.